The number of carbonyl (C=O) groups is 1. The van der Waals surface area contributed by atoms with Crippen LogP contribution in [0.3, 0.4) is 0 Å². The molecule has 0 fully saturated rings. The maximum Gasteiger partial charge on any atom is 0.387 e. The van der Waals surface area contributed by atoms with Crippen molar-refractivity contribution in [3.63, 3.8) is 0 Å². The lowest BCUT2D eigenvalue weighted by Crippen LogP contribution is -2.25. The molecule has 1 aromatic heterocycles. The van der Waals surface area contributed by atoms with E-state index in [1.54, 1.807) is 18.4 Å². The van der Waals surface area contributed by atoms with Crippen molar-refractivity contribution in [2.75, 3.05) is 0 Å². The molecule has 0 saturated carbocycles. The molecule has 0 aliphatic carbocycles. The molecule has 0 N–H and O–H groups in total. The number of ether oxygens (including phenoxy) is 2. The Morgan fingerprint density at radius 1 is 0.906 bits per heavy atom. The number of aryl methyl sites for hydroxylation is 1. The van der Waals surface area contributed by atoms with Gasteiger partial charge in [-0.2, -0.15) is 17.6 Å². The highest BCUT2D eigenvalue weighted by molar-refractivity contribution is 6.01. The fourth-order valence-corrected chi connectivity index (χ4v) is 3.29. The number of hydrogen-bond donors (Lipinski definition) is 0. The number of aromatic nitrogens is 1. The second kappa shape index (κ2) is 8.97. The Labute approximate surface area is 179 Å². The zero-order chi connectivity index (χ0) is 23.7. The van der Waals surface area contributed by atoms with Crippen LogP contribution in [0.1, 0.15) is 28.7 Å². The molecule has 3 aromatic rings. The first-order valence-electron chi connectivity index (χ1n) is 9.29. The van der Waals surface area contributed by atoms with Crippen molar-refractivity contribution in [2.45, 2.75) is 33.5 Å². The van der Waals surface area contributed by atoms with E-state index in [4.69, 9.17) is 4.74 Å². The standard InChI is InChI=1S/C22H17F6NO3/c1-10-8-15(11(2)29(10)13-4-6-14(7-5-13)32-22(27)28)20(30)12(3)31-21-18(25)16(23)9-17(24)19(21)26/h4-9,12,22H,1-3H3/t12-/m1/s1. The summed E-state index contributed by atoms with van der Waals surface area (Å²) in [5.41, 5.74) is 1.70. The van der Waals surface area contributed by atoms with Gasteiger partial charge in [0, 0.05) is 28.7 Å². The average molecular weight is 457 g/mol. The predicted molar refractivity (Wildman–Crippen MR) is 103 cm³/mol. The van der Waals surface area contributed by atoms with Crippen LogP contribution >= 0.6 is 0 Å². The number of Topliss-reactive ketones (excluding diaryl/α,β-unsaturated/α-hetero) is 1. The van der Waals surface area contributed by atoms with E-state index >= 15 is 0 Å². The Bertz CT molecular complexity index is 1130. The molecule has 0 amide bonds. The highest BCUT2D eigenvalue weighted by Crippen LogP contribution is 2.29. The fraction of sp³-hybridized carbons (Fsp3) is 0.227. The van der Waals surface area contributed by atoms with Crippen LogP contribution in [0.4, 0.5) is 26.3 Å². The average Bonchev–Trinajstić information content (AvgIpc) is 3.03. The molecule has 0 bridgehead atoms. The van der Waals surface area contributed by atoms with Crippen molar-refractivity contribution < 1.29 is 40.6 Å². The monoisotopic (exact) mass is 457 g/mol. The molecule has 0 aliphatic rings. The molecular weight excluding hydrogens is 440 g/mol. The maximum atomic E-state index is 13.9. The van der Waals surface area contributed by atoms with E-state index in [2.05, 4.69) is 4.74 Å². The molecule has 32 heavy (non-hydrogen) atoms. The minimum absolute atomic E-state index is 0.0370. The largest absolute Gasteiger partial charge is 0.476 e. The lowest BCUT2D eigenvalue weighted by molar-refractivity contribution is -0.0498. The summed E-state index contributed by atoms with van der Waals surface area (Å²) in [5.74, 6) is -8.87. The predicted octanol–water partition coefficient (Wildman–Crippen LogP) is 5.90. The number of carbonyl (C=O) groups excluding carboxylic acids is 1. The third-order valence-corrected chi connectivity index (χ3v) is 4.75. The molecule has 3 rings (SSSR count). The van der Waals surface area contributed by atoms with Gasteiger partial charge < -0.3 is 14.0 Å². The van der Waals surface area contributed by atoms with Crippen LogP contribution in [-0.4, -0.2) is 23.1 Å². The van der Waals surface area contributed by atoms with E-state index in [-0.39, 0.29) is 17.4 Å². The summed E-state index contributed by atoms with van der Waals surface area (Å²) in [6.45, 7) is 1.50. The molecule has 0 radical (unpaired) electrons. The second-order valence-electron chi connectivity index (χ2n) is 6.91. The smallest absolute Gasteiger partial charge is 0.387 e. The number of ketones is 1. The van der Waals surface area contributed by atoms with Gasteiger partial charge in [0.2, 0.25) is 17.4 Å². The van der Waals surface area contributed by atoms with Crippen molar-refractivity contribution in [1.82, 2.24) is 4.57 Å². The maximum absolute atomic E-state index is 13.9. The molecule has 10 heteroatoms. The fourth-order valence-electron chi connectivity index (χ4n) is 3.29. The van der Waals surface area contributed by atoms with E-state index in [1.807, 2.05) is 0 Å². The van der Waals surface area contributed by atoms with Gasteiger partial charge in [0.15, 0.2) is 23.5 Å². The van der Waals surface area contributed by atoms with Gasteiger partial charge in [-0.1, -0.05) is 0 Å². The van der Waals surface area contributed by atoms with Gasteiger partial charge in [-0.3, -0.25) is 4.79 Å². The number of halogens is 6. The lowest BCUT2D eigenvalue weighted by atomic mass is 10.1. The number of nitrogens with zero attached hydrogens (tertiary/aromatic N) is 1. The number of alkyl halides is 2. The van der Waals surface area contributed by atoms with Gasteiger partial charge >= 0.3 is 6.61 Å². The number of benzene rings is 2. The first kappa shape index (κ1) is 23.2. The van der Waals surface area contributed by atoms with E-state index in [1.165, 1.54) is 37.3 Å². The van der Waals surface area contributed by atoms with Crippen molar-refractivity contribution >= 4 is 5.78 Å². The van der Waals surface area contributed by atoms with Crippen molar-refractivity contribution in [3.05, 3.63) is 76.6 Å². The minimum atomic E-state index is -2.97. The Morgan fingerprint density at radius 2 is 1.47 bits per heavy atom. The van der Waals surface area contributed by atoms with Crippen molar-refractivity contribution in [1.29, 1.82) is 0 Å². The van der Waals surface area contributed by atoms with E-state index in [0.717, 1.165) is 0 Å². The van der Waals surface area contributed by atoms with Gasteiger partial charge in [0.1, 0.15) is 5.75 Å². The van der Waals surface area contributed by atoms with Crippen LogP contribution in [0, 0.1) is 37.1 Å². The zero-order valence-corrected chi connectivity index (χ0v) is 17.1. The Morgan fingerprint density at radius 3 is 2.00 bits per heavy atom. The van der Waals surface area contributed by atoms with Gasteiger partial charge in [-0.25, -0.2) is 8.78 Å². The van der Waals surface area contributed by atoms with E-state index in [0.29, 0.717) is 17.1 Å². The van der Waals surface area contributed by atoms with Crippen LogP contribution in [-0.2, 0) is 0 Å². The van der Waals surface area contributed by atoms with E-state index < -0.39 is 47.5 Å². The lowest BCUT2D eigenvalue weighted by Gasteiger charge is -2.16. The van der Waals surface area contributed by atoms with Crippen LogP contribution in [0.2, 0.25) is 0 Å². The van der Waals surface area contributed by atoms with E-state index in [9.17, 15) is 31.1 Å². The highest BCUT2D eigenvalue weighted by atomic mass is 19.3. The molecule has 4 nitrogen and oxygen atoms in total. The molecule has 0 aliphatic heterocycles. The SMILES string of the molecule is Cc1cc(C(=O)[C@@H](C)Oc2c(F)c(F)cc(F)c2F)c(C)n1-c1ccc(OC(F)F)cc1. The quantitative estimate of drug-likeness (QED) is 0.252. The second-order valence-corrected chi connectivity index (χ2v) is 6.91. The van der Waals surface area contributed by atoms with Crippen LogP contribution in [0.15, 0.2) is 36.4 Å². The Kier molecular flexibility index (Phi) is 6.52. The molecule has 0 unspecified atom stereocenters. The Hall–Kier alpha value is -3.43. The van der Waals surface area contributed by atoms with Crippen LogP contribution in [0.25, 0.3) is 5.69 Å². The number of rotatable bonds is 7. The summed E-state index contributed by atoms with van der Waals surface area (Å²) in [6, 6.07) is 7.21. The Balaban J connectivity index is 1.89. The summed E-state index contributed by atoms with van der Waals surface area (Å²) in [7, 11) is 0. The van der Waals surface area contributed by atoms with Crippen molar-refractivity contribution in [3.8, 4) is 17.2 Å². The van der Waals surface area contributed by atoms with Gasteiger partial charge in [0.25, 0.3) is 0 Å². The minimum Gasteiger partial charge on any atom is -0.476 e. The summed E-state index contributed by atoms with van der Waals surface area (Å²) in [5, 5.41) is 0. The molecule has 1 heterocycles. The first-order valence-corrected chi connectivity index (χ1v) is 9.29. The topological polar surface area (TPSA) is 40.5 Å². The summed E-state index contributed by atoms with van der Waals surface area (Å²) >= 11 is 0. The van der Waals surface area contributed by atoms with Gasteiger partial charge in [0.05, 0.1) is 0 Å². The number of hydrogen-bond acceptors (Lipinski definition) is 3. The summed E-state index contributed by atoms with van der Waals surface area (Å²) in [4.78, 5) is 12.9. The third-order valence-electron chi connectivity index (χ3n) is 4.75. The van der Waals surface area contributed by atoms with Crippen LogP contribution < -0.4 is 9.47 Å². The highest BCUT2D eigenvalue weighted by Gasteiger charge is 2.27. The molecule has 1 atom stereocenters. The third kappa shape index (κ3) is 4.44. The molecular formula is C22H17F6NO3. The van der Waals surface area contributed by atoms with Gasteiger partial charge in [-0.05, 0) is 51.1 Å². The molecule has 0 saturated heterocycles. The normalized spacial score (nSPS) is 12.2. The van der Waals surface area contributed by atoms with Crippen LogP contribution in [0.5, 0.6) is 11.5 Å². The molecule has 0 spiro atoms. The zero-order valence-electron chi connectivity index (χ0n) is 17.1. The summed E-state index contributed by atoms with van der Waals surface area (Å²) in [6.07, 6.45) is -1.48. The molecule has 2 aromatic carbocycles. The summed E-state index contributed by atoms with van der Waals surface area (Å²) < 4.78 is 90.1. The van der Waals surface area contributed by atoms with Crippen molar-refractivity contribution in [2.24, 2.45) is 0 Å². The van der Waals surface area contributed by atoms with Gasteiger partial charge in [-0.15, -0.1) is 0 Å². The molecule has 170 valence electrons. The first-order chi connectivity index (χ1) is 15.0.